The molecule has 21 heavy (non-hydrogen) atoms. The average Bonchev–Trinajstić information content (AvgIpc) is 2.90. The summed E-state index contributed by atoms with van der Waals surface area (Å²) in [5.41, 5.74) is -0.104. The highest BCUT2D eigenvalue weighted by Gasteiger charge is 2.30. The number of ether oxygens (including phenoxy) is 1. The minimum atomic E-state index is -1.01. The van der Waals surface area contributed by atoms with Crippen molar-refractivity contribution in [2.24, 2.45) is 0 Å². The van der Waals surface area contributed by atoms with Gasteiger partial charge < -0.3 is 20.5 Å². The summed E-state index contributed by atoms with van der Waals surface area (Å²) in [5, 5.41) is 13.7. The number of urea groups is 1. The van der Waals surface area contributed by atoms with Gasteiger partial charge in [0.2, 0.25) is 0 Å². The van der Waals surface area contributed by atoms with Gasteiger partial charge in [-0.1, -0.05) is 17.7 Å². The smallest absolute Gasteiger partial charge is 0.332 e. The van der Waals surface area contributed by atoms with Crippen LogP contribution in [0.1, 0.15) is 12.8 Å². The van der Waals surface area contributed by atoms with Crippen molar-refractivity contribution in [1.29, 1.82) is 0 Å². The molecule has 0 aromatic heterocycles. The first-order valence-corrected chi connectivity index (χ1v) is 6.72. The number of carbonyl (C=O) groups excluding carboxylic acids is 1. The third kappa shape index (κ3) is 4.05. The van der Waals surface area contributed by atoms with Crippen molar-refractivity contribution in [3.63, 3.8) is 0 Å². The molecule has 114 valence electrons. The summed E-state index contributed by atoms with van der Waals surface area (Å²) in [6.45, 7) is 0.141. The monoisotopic (exact) mass is 316 g/mol. The molecule has 2 rings (SSSR count). The van der Waals surface area contributed by atoms with Crippen molar-refractivity contribution < 1.29 is 23.8 Å². The molecule has 0 radical (unpaired) electrons. The number of carbonyl (C=O) groups is 2. The van der Waals surface area contributed by atoms with Crippen LogP contribution in [0.2, 0.25) is 5.02 Å². The zero-order chi connectivity index (χ0) is 15.4. The van der Waals surface area contributed by atoms with E-state index in [1.165, 1.54) is 18.2 Å². The molecular weight excluding hydrogens is 303 g/mol. The Labute approximate surface area is 125 Å². The second kappa shape index (κ2) is 6.73. The van der Waals surface area contributed by atoms with E-state index in [9.17, 15) is 14.0 Å². The first-order valence-electron chi connectivity index (χ1n) is 6.34. The molecule has 2 atom stereocenters. The van der Waals surface area contributed by atoms with E-state index >= 15 is 0 Å². The number of amides is 2. The van der Waals surface area contributed by atoms with E-state index in [0.29, 0.717) is 12.8 Å². The standard InChI is InChI=1S/C13H14ClFN2O4/c14-8-2-1-3-9(15)11(8)17-13(20)16-6-7-4-5-10(21-7)12(18)19/h1-3,7,10H,4-6H2,(H,18,19)(H2,16,17,20). The number of para-hydroxylation sites is 1. The summed E-state index contributed by atoms with van der Waals surface area (Å²) < 4.78 is 18.7. The number of nitrogens with one attached hydrogen (secondary N) is 2. The topological polar surface area (TPSA) is 87.7 Å². The molecular formula is C13H14ClFN2O4. The summed E-state index contributed by atoms with van der Waals surface area (Å²) in [6, 6.07) is 3.43. The summed E-state index contributed by atoms with van der Waals surface area (Å²) in [7, 11) is 0. The zero-order valence-corrected chi connectivity index (χ0v) is 11.7. The highest BCUT2D eigenvalue weighted by Crippen LogP contribution is 2.24. The third-order valence-electron chi connectivity index (χ3n) is 3.07. The van der Waals surface area contributed by atoms with Gasteiger partial charge in [0.1, 0.15) is 5.82 Å². The number of rotatable bonds is 4. The van der Waals surface area contributed by atoms with E-state index < -0.39 is 23.9 Å². The fraction of sp³-hybridized carbons (Fsp3) is 0.385. The summed E-state index contributed by atoms with van der Waals surface area (Å²) >= 11 is 5.78. The van der Waals surface area contributed by atoms with Gasteiger partial charge in [0.05, 0.1) is 16.8 Å². The Morgan fingerprint density at radius 2 is 2.19 bits per heavy atom. The van der Waals surface area contributed by atoms with Crippen LogP contribution in [0.3, 0.4) is 0 Å². The molecule has 2 amide bonds. The van der Waals surface area contributed by atoms with Crippen molar-refractivity contribution >= 4 is 29.3 Å². The summed E-state index contributed by atoms with van der Waals surface area (Å²) in [6.07, 6.45) is -0.256. The van der Waals surface area contributed by atoms with Gasteiger partial charge in [-0.25, -0.2) is 14.0 Å². The van der Waals surface area contributed by atoms with Crippen LogP contribution in [0.25, 0.3) is 0 Å². The predicted molar refractivity (Wildman–Crippen MR) is 74.0 cm³/mol. The minimum absolute atomic E-state index is 0.0909. The maximum Gasteiger partial charge on any atom is 0.332 e. The minimum Gasteiger partial charge on any atom is -0.479 e. The van der Waals surface area contributed by atoms with Gasteiger partial charge in [-0.05, 0) is 25.0 Å². The van der Waals surface area contributed by atoms with E-state index in [0.717, 1.165) is 0 Å². The van der Waals surface area contributed by atoms with E-state index in [4.69, 9.17) is 21.4 Å². The van der Waals surface area contributed by atoms with Gasteiger partial charge in [0.15, 0.2) is 6.10 Å². The molecule has 1 aliphatic heterocycles. The predicted octanol–water partition coefficient (Wildman–Crippen LogP) is 2.23. The van der Waals surface area contributed by atoms with Crippen LogP contribution in [-0.4, -0.2) is 35.9 Å². The van der Waals surface area contributed by atoms with Crippen LogP contribution in [0, 0.1) is 5.82 Å². The molecule has 0 aliphatic carbocycles. The number of hydrogen-bond acceptors (Lipinski definition) is 3. The van der Waals surface area contributed by atoms with E-state index in [-0.39, 0.29) is 23.4 Å². The Bertz CT molecular complexity index is 535. The number of halogens is 2. The number of benzene rings is 1. The Hall–Kier alpha value is -1.86. The van der Waals surface area contributed by atoms with Crippen LogP contribution in [0.5, 0.6) is 0 Å². The molecule has 1 aromatic carbocycles. The largest absolute Gasteiger partial charge is 0.479 e. The Morgan fingerprint density at radius 1 is 1.43 bits per heavy atom. The molecule has 1 aliphatic rings. The van der Waals surface area contributed by atoms with Crippen LogP contribution >= 0.6 is 11.6 Å². The lowest BCUT2D eigenvalue weighted by Crippen LogP contribution is -2.36. The Balaban J connectivity index is 1.82. The van der Waals surface area contributed by atoms with E-state index in [1.807, 2.05) is 0 Å². The van der Waals surface area contributed by atoms with Crippen molar-refractivity contribution in [1.82, 2.24) is 5.32 Å². The normalized spacial score (nSPS) is 21.0. The number of carboxylic acid groups (broad SMARTS) is 1. The molecule has 3 N–H and O–H groups in total. The van der Waals surface area contributed by atoms with Gasteiger partial charge in [-0.2, -0.15) is 0 Å². The quantitative estimate of drug-likeness (QED) is 0.795. The Kier molecular flexibility index (Phi) is 4.98. The van der Waals surface area contributed by atoms with Gasteiger partial charge in [0, 0.05) is 6.54 Å². The second-order valence-electron chi connectivity index (χ2n) is 4.59. The fourth-order valence-electron chi connectivity index (χ4n) is 2.02. The molecule has 6 nitrogen and oxygen atoms in total. The second-order valence-corrected chi connectivity index (χ2v) is 5.00. The van der Waals surface area contributed by atoms with Crippen LogP contribution < -0.4 is 10.6 Å². The van der Waals surface area contributed by atoms with Crippen molar-refractivity contribution in [3.05, 3.63) is 29.0 Å². The van der Waals surface area contributed by atoms with Gasteiger partial charge in [-0.15, -0.1) is 0 Å². The Morgan fingerprint density at radius 3 is 2.81 bits per heavy atom. The van der Waals surface area contributed by atoms with Crippen LogP contribution in [0.15, 0.2) is 18.2 Å². The van der Waals surface area contributed by atoms with Crippen molar-refractivity contribution in [3.8, 4) is 0 Å². The average molecular weight is 317 g/mol. The molecule has 0 saturated carbocycles. The molecule has 1 heterocycles. The van der Waals surface area contributed by atoms with Crippen molar-refractivity contribution in [2.75, 3.05) is 11.9 Å². The molecule has 1 fully saturated rings. The molecule has 0 bridgehead atoms. The van der Waals surface area contributed by atoms with Crippen LogP contribution in [-0.2, 0) is 9.53 Å². The first-order chi connectivity index (χ1) is 9.97. The van der Waals surface area contributed by atoms with E-state index in [1.54, 1.807) is 0 Å². The third-order valence-corrected chi connectivity index (χ3v) is 3.39. The first kappa shape index (κ1) is 15.5. The molecule has 0 spiro atoms. The summed E-state index contributed by atoms with van der Waals surface area (Å²) in [4.78, 5) is 22.4. The maximum absolute atomic E-state index is 13.5. The number of anilines is 1. The highest BCUT2D eigenvalue weighted by atomic mass is 35.5. The van der Waals surface area contributed by atoms with Crippen LogP contribution in [0.4, 0.5) is 14.9 Å². The number of hydrogen-bond donors (Lipinski definition) is 3. The van der Waals surface area contributed by atoms with Crippen molar-refractivity contribution in [2.45, 2.75) is 25.0 Å². The zero-order valence-electron chi connectivity index (χ0n) is 10.9. The lowest BCUT2D eigenvalue weighted by atomic mass is 10.2. The molecule has 2 unspecified atom stereocenters. The summed E-state index contributed by atoms with van der Waals surface area (Å²) in [5.74, 6) is -1.65. The van der Waals surface area contributed by atoms with E-state index in [2.05, 4.69) is 10.6 Å². The highest BCUT2D eigenvalue weighted by molar-refractivity contribution is 6.33. The molecule has 1 aromatic rings. The van der Waals surface area contributed by atoms with Gasteiger partial charge >= 0.3 is 12.0 Å². The molecule has 1 saturated heterocycles. The fourth-order valence-corrected chi connectivity index (χ4v) is 2.23. The number of aliphatic carboxylic acids is 1. The van der Waals surface area contributed by atoms with Gasteiger partial charge in [0.25, 0.3) is 0 Å². The van der Waals surface area contributed by atoms with Gasteiger partial charge in [-0.3, -0.25) is 0 Å². The molecule has 8 heteroatoms. The SMILES string of the molecule is O=C(NCC1CCC(C(=O)O)O1)Nc1c(F)cccc1Cl. The lowest BCUT2D eigenvalue weighted by molar-refractivity contribution is -0.149. The lowest BCUT2D eigenvalue weighted by Gasteiger charge is -2.13. The maximum atomic E-state index is 13.5. The number of carboxylic acids is 1.